The van der Waals surface area contributed by atoms with Crippen molar-refractivity contribution in [3.8, 4) is 0 Å². The second-order valence-corrected chi connectivity index (χ2v) is 6.82. The number of piperidine rings is 1. The van der Waals surface area contributed by atoms with E-state index < -0.39 is 0 Å². The van der Waals surface area contributed by atoms with Crippen molar-refractivity contribution in [1.29, 1.82) is 0 Å². The van der Waals surface area contributed by atoms with Gasteiger partial charge in [-0.25, -0.2) is 0 Å². The Morgan fingerprint density at radius 2 is 1.70 bits per heavy atom. The van der Waals surface area contributed by atoms with Crippen LogP contribution in [-0.4, -0.2) is 30.9 Å². The molecule has 5 nitrogen and oxygen atoms in total. The minimum atomic E-state index is -0.216. The lowest BCUT2D eigenvalue weighted by Crippen LogP contribution is -3.17. The molecule has 1 heterocycles. The Morgan fingerprint density at radius 3 is 2.17 bits per heavy atom. The number of rotatable bonds is 5. The topological polar surface area (TPSA) is 76.6 Å². The zero-order valence-corrected chi connectivity index (χ0v) is 14.3. The van der Waals surface area contributed by atoms with Crippen LogP contribution in [0.3, 0.4) is 0 Å². The first-order chi connectivity index (χ1) is 10.9. The molecule has 1 saturated heterocycles. The molecule has 126 valence electrons. The molecule has 0 radical (unpaired) electrons. The van der Waals surface area contributed by atoms with Gasteiger partial charge in [0, 0.05) is 24.4 Å². The molecule has 0 saturated carbocycles. The number of primary amides is 1. The van der Waals surface area contributed by atoms with Gasteiger partial charge in [0.15, 0.2) is 6.04 Å². The van der Waals surface area contributed by atoms with Crippen LogP contribution >= 0.6 is 0 Å². The lowest BCUT2D eigenvalue weighted by atomic mass is 9.95. The molecule has 4 N–H and O–H groups in total. The number of quaternary nitrogens is 1. The zero-order chi connectivity index (χ0) is 17.0. The summed E-state index contributed by atoms with van der Waals surface area (Å²) < 4.78 is 0. The molecule has 1 aliphatic rings. The van der Waals surface area contributed by atoms with E-state index in [1.807, 2.05) is 19.1 Å². The number of nitrogens with two attached hydrogens (primary N) is 1. The molecule has 5 heteroatoms. The predicted octanol–water partition coefficient (Wildman–Crippen LogP) is 0.917. The molecule has 2 rings (SSSR count). The summed E-state index contributed by atoms with van der Waals surface area (Å²) in [7, 11) is 0. The van der Waals surface area contributed by atoms with Gasteiger partial charge in [-0.15, -0.1) is 0 Å². The summed E-state index contributed by atoms with van der Waals surface area (Å²) >= 11 is 0. The summed E-state index contributed by atoms with van der Waals surface area (Å²) in [5.74, 6) is 0.258. The van der Waals surface area contributed by atoms with E-state index in [0.29, 0.717) is 5.92 Å². The van der Waals surface area contributed by atoms with Gasteiger partial charge in [0.05, 0.1) is 13.1 Å². The normalized spacial score (nSPS) is 22.6. The summed E-state index contributed by atoms with van der Waals surface area (Å²) in [4.78, 5) is 24.9. The van der Waals surface area contributed by atoms with Gasteiger partial charge in [-0.3, -0.25) is 9.59 Å². The number of carbonyl (C=O) groups excluding carboxylic acids is 2. The van der Waals surface area contributed by atoms with Gasteiger partial charge in [0.1, 0.15) is 0 Å². The van der Waals surface area contributed by atoms with Crippen molar-refractivity contribution in [2.45, 2.75) is 45.6 Å². The number of anilines is 1. The van der Waals surface area contributed by atoms with Crippen molar-refractivity contribution >= 4 is 17.5 Å². The molecule has 1 atom stereocenters. The van der Waals surface area contributed by atoms with Crippen LogP contribution in [0.1, 0.15) is 45.1 Å². The highest BCUT2D eigenvalue weighted by atomic mass is 16.2. The Balaban J connectivity index is 1.89. The maximum absolute atomic E-state index is 12.4. The average Bonchev–Trinajstić information content (AvgIpc) is 2.54. The Kier molecular flexibility index (Phi) is 5.77. The second kappa shape index (κ2) is 7.59. The maximum atomic E-state index is 12.4. The highest BCUT2D eigenvalue weighted by molar-refractivity contribution is 5.93. The molecule has 1 aromatic rings. The van der Waals surface area contributed by atoms with Crippen LogP contribution in [0.2, 0.25) is 0 Å². The van der Waals surface area contributed by atoms with Crippen LogP contribution < -0.4 is 16.0 Å². The minimum Gasteiger partial charge on any atom is -0.369 e. The first kappa shape index (κ1) is 17.5. The van der Waals surface area contributed by atoms with E-state index >= 15 is 0 Å². The molecule has 0 bridgehead atoms. The van der Waals surface area contributed by atoms with E-state index in [9.17, 15) is 9.59 Å². The van der Waals surface area contributed by atoms with Crippen molar-refractivity contribution in [3.63, 3.8) is 0 Å². The predicted molar refractivity (Wildman–Crippen MR) is 91.2 cm³/mol. The average molecular weight is 318 g/mol. The quantitative estimate of drug-likeness (QED) is 0.755. The van der Waals surface area contributed by atoms with Gasteiger partial charge < -0.3 is 16.0 Å². The minimum absolute atomic E-state index is 0.0230. The van der Waals surface area contributed by atoms with Gasteiger partial charge in [0.25, 0.3) is 5.91 Å². The Hall–Kier alpha value is -1.88. The number of carbonyl (C=O) groups is 2. The van der Waals surface area contributed by atoms with Crippen molar-refractivity contribution in [3.05, 3.63) is 29.8 Å². The van der Waals surface area contributed by atoms with Gasteiger partial charge in [0.2, 0.25) is 5.91 Å². The molecule has 0 aliphatic carbocycles. The highest BCUT2D eigenvalue weighted by Gasteiger charge is 2.31. The molecule has 1 aliphatic heterocycles. The van der Waals surface area contributed by atoms with Crippen LogP contribution in [0.5, 0.6) is 0 Å². The number of hydrogen-bond donors (Lipinski definition) is 3. The van der Waals surface area contributed by atoms with Gasteiger partial charge >= 0.3 is 0 Å². The fourth-order valence-electron chi connectivity index (χ4n) is 3.09. The van der Waals surface area contributed by atoms with Crippen LogP contribution in [0.15, 0.2) is 24.3 Å². The molecular weight excluding hydrogens is 290 g/mol. The van der Waals surface area contributed by atoms with Gasteiger partial charge in [-0.1, -0.05) is 26.0 Å². The molecule has 23 heavy (non-hydrogen) atoms. The molecule has 0 spiro atoms. The Bertz CT molecular complexity index is 546. The van der Waals surface area contributed by atoms with Gasteiger partial charge in [-0.2, -0.15) is 0 Å². The summed E-state index contributed by atoms with van der Waals surface area (Å²) in [6.07, 6.45) is 1.54. The smallest absolute Gasteiger partial charge is 0.282 e. The van der Waals surface area contributed by atoms with E-state index in [0.717, 1.165) is 31.6 Å². The number of nitrogens with one attached hydrogen (secondary N) is 2. The van der Waals surface area contributed by atoms with E-state index in [2.05, 4.69) is 31.3 Å². The number of benzene rings is 1. The van der Waals surface area contributed by atoms with E-state index in [-0.39, 0.29) is 23.8 Å². The number of likely N-dealkylation sites (tertiary alicyclic amines) is 1. The lowest BCUT2D eigenvalue weighted by Gasteiger charge is -2.31. The zero-order valence-electron chi connectivity index (χ0n) is 14.3. The number of amides is 2. The molecule has 1 fully saturated rings. The van der Waals surface area contributed by atoms with E-state index in [1.54, 1.807) is 0 Å². The Labute approximate surface area is 138 Å². The summed E-state index contributed by atoms with van der Waals surface area (Å²) in [6, 6.07) is 7.88. The lowest BCUT2D eigenvalue weighted by molar-refractivity contribution is -0.919. The van der Waals surface area contributed by atoms with Crippen LogP contribution in [-0.2, 0) is 9.59 Å². The van der Waals surface area contributed by atoms with Crippen molar-refractivity contribution in [2.75, 3.05) is 18.4 Å². The fourth-order valence-corrected chi connectivity index (χ4v) is 3.09. The van der Waals surface area contributed by atoms with Crippen molar-refractivity contribution < 1.29 is 14.5 Å². The summed E-state index contributed by atoms with van der Waals surface area (Å²) in [5, 5.41) is 2.99. The first-order valence-corrected chi connectivity index (χ1v) is 8.43. The fraction of sp³-hybridized carbons (Fsp3) is 0.556. The molecule has 2 amide bonds. The maximum Gasteiger partial charge on any atom is 0.282 e. The van der Waals surface area contributed by atoms with Crippen LogP contribution in [0, 0.1) is 5.92 Å². The Morgan fingerprint density at radius 1 is 1.13 bits per heavy atom. The summed E-state index contributed by atoms with van der Waals surface area (Å²) in [5.41, 5.74) is 7.45. The summed E-state index contributed by atoms with van der Waals surface area (Å²) in [6.45, 7) is 7.87. The van der Waals surface area contributed by atoms with E-state index in [1.165, 1.54) is 10.5 Å². The molecule has 1 aromatic carbocycles. The SMILES string of the molecule is CC(C)c1ccc(NC(=O)[C@@H](C)[NH+]2CCC(C(N)=O)CC2)cc1. The van der Waals surface area contributed by atoms with Crippen LogP contribution in [0.4, 0.5) is 5.69 Å². The van der Waals surface area contributed by atoms with Crippen molar-refractivity contribution in [1.82, 2.24) is 0 Å². The third-order valence-electron chi connectivity index (χ3n) is 4.88. The first-order valence-electron chi connectivity index (χ1n) is 8.43. The third-order valence-corrected chi connectivity index (χ3v) is 4.88. The highest BCUT2D eigenvalue weighted by Crippen LogP contribution is 2.17. The molecular formula is C18H28N3O2+. The molecule has 0 unspecified atom stereocenters. The van der Waals surface area contributed by atoms with Crippen molar-refractivity contribution in [2.24, 2.45) is 11.7 Å². The van der Waals surface area contributed by atoms with E-state index in [4.69, 9.17) is 5.73 Å². The van der Waals surface area contributed by atoms with Crippen LogP contribution in [0.25, 0.3) is 0 Å². The molecule has 0 aromatic heterocycles. The third kappa shape index (κ3) is 4.55. The largest absolute Gasteiger partial charge is 0.369 e. The standard InChI is InChI=1S/C18H27N3O2/c1-12(2)14-4-6-16(7-5-14)20-18(23)13(3)21-10-8-15(9-11-21)17(19)22/h4-7,12-13,15H,8-11H2,1-3H3,(H2,19,22)(H,20,23)/p+1/t13-/m1/s1. The second-order valence-electron chi connectivity index (χ2n) is 6.82. The monoisotopic (exact) mass is 318 g/mol. The van der Waals surface area contributed by atoms with Gasteiger partial charge in [-0.05, 0) is 30.5 Å². The number of hydrogen-bond acceptors (Lipinski definition) is 2.